The number of benzene rings is 1. The van der Waals surface area contributed by atoms with Gasteiger partial charge in [-0.15, -0.1) is 11.3 Å². The minimum Gasteiger partial charge on any atom is -0.355 e. The molecule has 29 heavy (non-hydrogen) atoms. The SMILES string of the molecule is CC(C)C(=O)NCCc1csc(C2CCN(C(=O)c3ccc(F)cc3F)CC2)n1. The van der Waals surface area contributed by atoms with Crippen LogP contribution in [0.2, 0.25) is 0 Å². The summed E-state index contributed by atoms with van der Waals surface area (Å²) in [5, 5.41) is 5.94. The number of piperidine rings is 1. The number of aromatic nitrogens is 1. The summed E-state index contributed by atoms with van der Waals surface area (Å²) in [6.07, 6.45) is 2.20. The van der Waals surface area contributed by atoms with Crippen LogP contribution in [0, 0.1) is 17.6 Å². The Hall–Kier alpha value is -2.35. The first-order chi connectivity index (χ1) is 13.8. The third-order valence-electron chi connectivity index (χ3n) is 5.07. The van der Waals surface area contributed by atoms with Crippen LogP contribution in [0.5, 0.6) is 0 Å². The minimum absolute atomic E-state index is 0.0303. The van der Waals surface area contributed by atoms with Crippen LogP contribution in [-0.4, -0.2) is 41.3 Å². The number of thiazole rings is 1. The number of halogens is 2. The molecule has 0 aliphatic carbocycles. The number of carbonyl (C=O) groups is 2. The molecular formula is C21H25F2N3O2S. The van der Waals surface area contributed by atoms with Crippen molar-refractivity contribution in [2.75, 3.05) is 19.6 Å². The lowest BCUT2D eigenvalue weighted by Gasteiger charge is -2.31. The minimum atomic E-state index is -0.828. The van der Waals surface area contributed by atoms with E-state index in [1.165, 1.54) is 6.07 Å². The zero-order chi connectivity index (χ0) is 21.0. The third kappa shape index (κ3) is 5.38. The first-order valence-corrected chi connectivity index (χ1v) is 10.7. The van der Waals surface area contributed by atoms with Crippen molar-refractivity contribution >= 4 is 23.2 Å². The summed E-state index contributed by atoms with van der Waals surface area (Å²) < 4.78 is 26.9. The van der Waals surface area contributed by atoms with E-state index in [0.717, 1.165) is 35.7 Å². The van der Waals surface area contributed by atoms with Gasteiger partial charge in [-0.3, -0.25) is 9.59 Å². The number of rotatable bonds is 6. The fourth-order valence-corrected chi connectivity index (χ4v) is 4.33. The zero-order valence-electron chi connectivity index (χ0n) is 16.6. The molecule has 1 N–H and O–H groups in total. The number of hydrogen-bond donors (Lipinski definition) is 1. The standard InChI is InChI=1S/C21H25F2N3O2S/c1-13(2)19(27)24-8-5-16-12-29-20(25-16)14-6-9-26(10-7-14)21(28)17-4-3-15(22)11-18(17)23/h3-4,11-14H,5-10H2,1-2H3,(H,24,27). The summed E-state index contributed by atoms with van der Waals surface area (Å²) in [4.78, 5) is 30.4. The lowest BCUT2D eigenvalue weighted by atomic mass is 9.97. The van der Waals surface area contributed by atoms with Gasteiger partial charge in [0.1, 0.15) is 11.6 Å². The highest BCUT2D eigenvalue weighted by atomic mass is 32.1. The van der Waals surface area contributed by atoms with Crippen LogP contribution in [-0.2, 0) is 11.2 Å². The van der Waals surface area contributed by atoms with Crippen molar-refractivity contribution < 1.29 is 18.4 Å². The highest BCUT2D eigenvalue weighted by molar-refractivity contribution is 7.09. The number of hydrogen-bond acceptors (Lipinski definition) is 4. The van der Waals surface area contributed by atoms with Crippen molar-refractivity contribution in [3.05, 3.63) is 51.5 Å². The highest BCUT2D eigenvalue weighted by Crippen LogP contribution is 2.31. The van der Waals surface area contributed by atoms with Gasteiger partial charge in [0.05, 0.1) is 16.3 Å². The molecule has 0 radical (unpaired) electrons. The summed E-state index contributed by atoms with van der Waals surface area (Å²) in [5.41, 5.74) is 0.866. The Labute approximate surface area is 173 Å². The predicted molar refractivity (Wildman–Crippen MR) is 108 cm³/mol. The Bertz CT molecular complexity index is 877. The Balaban J connectivity index is 1.51. The molecule has 0 bridgehead atoms. The summed E-state index contributed by atoms with van der Waals surface area (Å²) in [7, 11) is 0. The van der Waals surface area contributed by atoms with Crippen LogP contribution in [0.1, 0.15) is 53.7 Å². The number of nitrogens with zero attached hydrogens (tertiary/aromatic N) is 2. The van der Waals surface area contributed by atoms with E-state index < -0.39 is 17.5 Å². The van der Waals surface area contributed by atoms with E-state index in [9.17, 15) is 18.4 Å². The Morgan fingerprint density at radius 3 is 2.66 bits per heavy atom. The Morgan fingerprint density at radius 1 is 1.28 bits per heavy atom. The van der Waals surface area contributed by atoms with Gasteiger partial charge in [-0.1, -0.05) is 13.8 Å². The van der Waals surface area contributed by atoms with E-state index in [4.69, 9.17) is 0 Å². The molecule has 2 aromatic rings. The lowest BCUT2D eigenvalue weighted by molar-refractivity contribution is -0.123. The van der Waals surface area contributed by atoms with Crippen LogP contribution >= 0.6 is 11.3 Å². The van der Waals surface area contributed by atoms with Gasteiger partial charge >= 0.3 is 0 Å². The molecule has 1 aromatic heterocycles. The van der Waals surface area contributed by atoms with Crippen molar-refractivity contribution in [1.29, 1.82) is 0 Å². The molecule has 1 aliphatic rings. The van der Waals surface area contributed by atoms with Crippen LogP contribution in [0.4, 0.5) is 8.78 Å². The summed E-state index contributed by atoms with van der Waals surface area (Å²) in [6, 6.07) is 3.04. The van der Waals surface area contributed by atoms with Crippen molar-refractivity contribution in [1.82, 2.24) is 15.2 Å². The smallest absolute Gasteiger partial charge is 0.256 e. The first kappa shape index (κ1) is 21.4. The van der Waals surface area contributed by atoms with Gasteiger partial charge in [0, 0.05) is 49.3 Å². The average molecular weight is 422 g/mol. The molecule has 0 saturated carbocycles. The van der Waals surface area contributed by atoms with Gasteiger partial charge < -0.3 is 10.2 Å². The molecule has 0 atom stereocenters. The van der Waals surface area contributed by atoms with E-state index in [1.54, 1.807) is 16.2 Å². The van der Waals surface area contributed by atoms with Gasteiger partial charge in [0.2, 0.25) is 5.91 Å². The fraction of sp³-hybridized carbons (Fsp3) is 0.476. The largest absolute Gasteiger partial charge is 0.355 e. The molecule has 1 saturated heterocycles. The second kappa shape index (κ2) is 9.43. The third-order valence-corrected chi connectivity index (χ3v) is 6.12. The molecule has 5 nitrogen and oxygen atoms in total. The fourth-order valence-electron chi connectivity index (χ4n) is 3.31. The van der Waals surface area contributed by atoms with Crippen molar-refractivity contribution in [2.45, 2.75) is 39.0 Å². The molecule has 0 spiro atoms. The van der Waals surface area contributed by atoms with E-state index in [0.29, 0.717) is 26.1 Å². The number of likely N-dealkylation sites (tertiary alicyclic amines) is 1. The second-order valence-corrected chi connectivity index (χ2v) is 8.45. The molecule has 3 rings (SSSR count). The predicted octanol–water partition coefficient (Wildman–Crippen LogP) is 3.76. The van der Waals surface area contributed by atoms with Gasteiger partial charge in [0.25, 0.3) is 5.91 Å². The molecular weight excluding hydrogens is 396 g/mol. The molecule has 2 heterocycles. The molecule has 2 amide bonds. The van der Waals surface area contributed by atoms with Gasteiger partial charge in [-0.25, -0.2) is 13.8 Å². The van der Waals surface area contributed by atoms with Gasteiger partial charge in [0.15, 0.2) is 0 Å². The number of amides is 2. The maximum atomic E-state index is 13.9. The van der Waals surface area contributed by atoms with Gasteiger partial charge in [-0.05, 0) is 25.0 Å². The van der Waals surface area contributed by atoms with Crippen molar-refractivity contribution in [3.8, 4) is 0 Å². The lowest BCUT2D eigenvalue weighted by Crippen LogP contribution is -2.38. The van der Waals surface area contributed by atoms with E-state index in [1.807, 2.05) is 19.2 Å². The van der Waals surface area contributed by atoms with E-state index in [-0.39, 0.29) is 23.3 Å². The summed E-state index contributed by atoms with van der Waals surface area (Å²) >= 11 is 1.60. The Kier molecular flexibility index (Phi) is 6.95. The van der Waals surface area contributed by atoms with E-state index in [2.05, 4.69) is 10.3 Å². The van der Waals surface area contributed by atoms with Gasteiger partial charge in [-0.2, -0.15) is 0 Å². The highest BCUT2D eigenvalue weighted by Gasteiger charge is 2.27. The number of carbonyl (C=O) groups excluding carboxylic acids is 2. The molecule has 1 aromatic carbocycles. The van der Waals surface area contributed by atoms with E-state index >= 15 is 0 Å². The maximum absolute atomic E-state index is 13.9. The maximum Gasteiger partial charge on any atom is 0.256 e. The van der Waals surface area contributed by atoms with Crippen LogP contribution in [0.3, 0.4) is 0 Å². The quantitative estimate of drug-likeness (QED) is 0.773. The van der Waals surface area contributed by atoms with Crippen LogP contribution < -0.4 is 5.32 Å². The Morgan fingerprint density at radius 2 is 2.00 bits per heavy atom. The summed E-state index contributed by atoms with van der Waals surface area (Å²) in [6.45, 7) is 5.31. The monoisotopic (exact) mass is 421 g/mol. The topological polar surface area (TPSA) is 62.3 Å². The van der Waals surface area contributed by atoms with Crippen LogP contribution in [0.15, 0.2) is 23.6 Å². The first-order valence-electron chi connectivity index (χ1n) is 9.81. The number of nitrogens with one attached hydrogen (secondary N) is 1. The second-order valence-electron chi connectivity index (χ2n) is 7.56. The zero-order valence-corrected chi connectivity index (χ0v) is 17.4. The molecule has 1 fully saturated rings. The molecule has 8 heteroatoms. The average Bonchev–Trinajstić information content (AvgIpc) is 3.16. The van der Waals surface area contributed by atoms with Crippen molar-refractivity contribution in [2.24, 2.45) is 5.92 Å². The molecule has 0 unspecified atom stereocenters. The van der Waals surface area contributed by atoms with Crippen LogP contribution in [0.25, 0.3) is 0 Å². The molecule has 1 aliphatic heterocycles. The normalized spacial score (nSPS) is 15.0. The van der Waals surface area contributed by atoms with Crippen molar-refractivity contribution in [3.63, 3.8) is 0 Å². The molecule has 156 valence electrons. The summed E-state index contributed by atoms with van der Waals surface area (Å²) in [5.74, 6) is -1.65.